The second kappa shape index (κ2) is 6.43. The number of nitrogens with one attached hydrogen (secondary N) is 2. The fraction of sp³-hybridized carbons (Fsp3) is 0.500. The molecule has 0 heterocycles. The molecule has 2 rings (SSSR count). The molecule has 104 valence electrons. The molecule has 0 radical (unpaired) electrons. The van der Waals surface area contributed by atoms with E-state index in [9.17, 15) is 9.90 Å². The number of anilines is 1. The predicted octanol–water partition coefficient (Wildman–Crippen LogP) is 1.98. The number of hydrogen-bond acceptors (Lipinski definition) is 3. The highest BCUT2D eigenvalue weighted by molar-refractivity contribution is 5.89. The summed E-state index contributed by atoms with van der Waals surface area (Å²) in [7, 11) is 1.60. The molecule has 2 atom stereocenters. The summed E-state index contributed by atoms with van der Waals surface area (Å²) >= 11 is 0. The van der Waals surface area contributed by atoms with Gasteiger partial charge in [-0.05, 0) is 49.4 Å². The number of urea groups is 1. The maximum absolute atomic E-state index is 11.7. The number of amides is 2. The first-order valence-electron chi connectivity index (χ1n) is 6.54. The van der Waals surface area contributed by atoms with Crippen LogP contribution in [0.25, 0.3) is 0 Å². The molecule has 3 N–H and O–H groups in total. The zero-order chi connectivity index (χ0) is 13.7. The van der Waals surface area contributed by atoms with Gasteiger partial charge < -0.3 is 20.5 Å². The number of methoxy groups -OCH3 is 1. The van der Waals surface area contributed by atoms with E-state index in [1.54, 1.807) is 31.4 Å². The molecule has 5 nitrogen and oxygen atoms in total. The molecule has 0 bridgehead atoms. The molecule has 2 amide bonds. The Kier molecular flexibility index (Phi) is 4.63. The Morgan fingerprint density at radius 3 is 2.68 bits per heavy atom. The minimum Gasteiger partial charge on any atom is -0.497 e. The van der Waals surface area contributed by atoms with Crippen LogP contribution in [0.3, 0.4) is 0 Å². The lowest BCUT2D eigenvalue weighted by Gasteiger charge is -2.12. The number of carbonyl (C=O) groups excluding carboxylic acids is 1. The van der Waals surface area contributed by atoms with Crippen molar-refractivity contribution in [3.8, 4) is 5.75 Å². The van der Waals surface area contributed by atoms with Gasteiger partial charge in [0.1, 0.15) is 5.75 Å². The molecule has 19 heavy (non-hydrogen) atoms. The second-order valence-corrected chi connectivity index (χ2v) is 4.90. The Morgan fingerprint density at radius 2 is 2.11 bits per heavy atom. The molecule has 1 aliphatic carbocycles. The molecule has 0 aromatic heterocycles. The number of benzene rings is 1. The van der Waals surface area contributed by atoms with E-state index >= 15 is 0 Å². The van der Waals surface area contributed by atoms with Crippen molar-refractivity contribution in [3.05, 3.63) is 24.3 Å². The van der Waals surface area contributed by atoms with Crippen molar-refractivity contribution in [1.29, 1.82) is 0 Å². The molecule has 1 saturated carbocycles. The lowest BCUT2D eigenvalue weighted by atomic mass is 10.1. The molecule has 1 aliphatic rings. The molecule has 1 aromatic rings. The van der Waals surface area contributed by atoms with Crippen molar-refractivity contribution in [2.75, 3.05) is 19.0 Å². The van der Waals surface area contributed by atoms with E-state index < -0.39 is 0 Å². The van der Waals surface area contributed by atoms with Gasteiger partial charge in [-0.1, -0.05) is 0 Å². The van der Waals surface area contributed by atoms with Crippen molar-refractivity contribution in [1.82, 2.24) is 5.32 Å². The standard InChI is InChI=1S/C14H20N2O3/c1-19-13-6-3-11(4-7-13)16-14(18)15-9-10-2-5-12(17)8-10/h3-4,6-7,10,12,17H,2,5,8-9H2,1H3,(H2,15,16,18). The van der Waals surface area contributed by atoms with Crippen LogP contribution in [-0.4, -0.2) is 30.9 Å². The zero-order valence-electron chi connectivity index (χ0n) is 11.1. The highest BCUT2D eigenvalue weighted by atomic mass is 16.5. The topological polar surface area (TPSA) is 70.6 Å². The lowest BCUT2D eigenvalue weighted by molar-refractivity contribution is 0.177. The fourth-order valence-electron chi connectivity index (χ4n) is 2.32. The highest BCUT2D eigenvalue weighted by Gasteiger charge is 2.22. The van der Waals surface area contributed by atoms with Gasteiger partial charge in [0.15, 0.2) is 0 Å². The van der Waals surface area contributed by atoms with Crippen molar-refractivity contribution in [3.63, 3.8) is 0 Å². The molecule has 2 unspecified atom stereocenters. The molecule has 5 heteroatoms. The lowest BCUT2D eigenvalue weighted by Crippen LogP contribution is -2.32. The first-order chi connectivity index (χ1) is 9.17. The monoisotopic (exact) mass is 264 g/mol. The molecule has 1 aromatic carbocycles. The number of aliphatic hydroxyl groups excluding tert-OH is 1. The second-order valence-electron chi connectivity index (χ2n) is 4.90. The van der Waals surface area contributed by atoms with Crippen LogP contribution in [0.2, 0.25) is 0 Å². The van der Waals surface area contributed by atoms with Gasteiger partial charge in [-0.25, -0.2) is 4.79 Å². The van der Waals surface area contributed by atoms with E-state index in [0.29, 0.717) is 12.5 Å². The van der Waals surface area contributed by atoms with Crippen LogP contribution in [0, 0.1) is 5.92 Å². The fourth-order valence-corrected chi connectivity index (χ4v) is 2.32. The zero-order valence-corrected chi connectivity index (χ0v) is 11.1. The quantitative estimate of drug-likeness (QED) is 0.778. The third-order valence-corrected chi connectivity index (χ3v) is 3.41. The number of hydrogen-bond donors (Lipinski definition) is 3. The summed E-state index contributed by atoms with van der Waals surface area (Å²) in [5, 5.41) is 15.0. The van der Waals surface area contributed by atoms with Crippen LogP contribution in [0.4, 0.5) is 10.5 Å². The van der Waals surface area contributed by atoms with Crippen molar-refractivity contribution in [2.45, 2.75) is 25.4 Å². The van der Waals surface area contributed by atoms with E-state index in [2.05, 4.69) is 10.6 Å². The summed E-state index contributed by atoms with van der Waals surface area (Å²) in [5.41, 5.74) is 0.727. The van der Waals surface area contributed by atoms with Crippen LogP contribution < -0.4 is 15.4 Å². The smallest absolute Gasteiger partial charge is 0.319 e. The summed E-state index contributed by atoms with van der Waals surface area (Å²) in [6, 6.07) is 6.95. The Balaban J connectivity index is 1.74. The Labute approximate surface area is 113 Å². The average Bonchev–Trinajstić information content (AvgIpc) is 2.83. The molecular formula is C14H20N2O3. The van der Waals surface area contributed by atoms with Crippen LogP contribution in [-0.2, 0) is 0 Å². The minimum atomic E-state index is -0.216. The first kappa shape index (κ1) is 13.7. The Morgan fingerprint density at radius 1 is 1.37 bits per heavy atom. The third-order valence-electron chi connectivity index (χ3n) is 3.41. The maximum atomic E-state index is 11.7. The molecule has 0 spiro atoms. The number of ether oxygens (including phenoxy) is 1. The van der Waals surface area contributed by atoms with E-state index in [1.165, 1.54) is 0 Å². The van der Waals surface area contributed by atoms with E-state index in [0.717, 1.165) is 30.7 Å². The van der Waals surface area contributed by atoms with Crippen LogP contribution >= 0.6 is 0 Å². The number of rotatable bonds is 4. The third kappa shape index (κ3) is 4.13. The average molecular weight is 264 g/mol. The molecule has 0 saturated heterocycles. The first-order valence-corrected chi connectivity index (χ1v) is 6.54. The van der Waals surface area contributed by atoms with Crippen LogP contribution in [0.5, 0.6) is 5.75 Å². The normalized spacial score (nSPS) is 22.0. The predicted molar refractivity (Wildman–Crippen MR) is 73.4 cm³/mol. The largest absolute Gasteiger partial charge is 0.497 e. The van der Waals surface area contributed by atoms with Gasteiger partial charge in [-0.3, -0.25) is 0 Å². The van der Waals surface area contributed by atoms with E-state index in [-0.39, 0.29) is 12.1 Å². The van der Waals surface area contributed by atoms with Gasteiger partial charge in [-0.15, -0.1) is 0 Å². The van der Waals surface area contributed by atoms with Gasteiger partial charge in [0.05, 0.1) is 13.2 Å². The van der Waals surface area contributed by atoms with Crippen molar-refractivity contribution >= 4 is 11.7 Å². The van der Waals surface area contributed by atoms with E-state index in [4.69, 9.17) is 4.74 Å². The minimum absolute atomic E-state index is 0.198. The van der Waals surface area contributed by atoms with Crippen molar-refractivity contribution in [2.24, 2.45) is 5.92 Å². The van der Waals surface area contributed by atoms with Crippen molar-refractivity contribution < 1.29 is 14.6 Å². The molecule has 0 aliphatic heterocycles. The summed E-state index contributed by atoms with van der Waals surface area (Å²) in [6.07, 6.45) is 2.40. The molecular weight excluding hydrogens is 244 g/mol. The van der Waals surface area contributed by atoms with Crippen LogP contribution in [0.15, 0.2) is 24.3 Å². The number of carbonyl (C=O) groups is 1. The summed E-state index contributed by atoms with van der Waals surface area (Å²) in [6.45, 7) is 0.610. The summed E-state index contributed by atoms with van der Waals surface area (Å²) in [4.78, 5) is 11.7. The highest BCUT2D eigenvalue weighted by Crippen LogP contribution is 2.24. The Hall–Kier alpha value is -1.75. The van der Waals surface area contributed by atoms with Gasteiger partial charge >= 0.3 is 6.03 Å². The van der Waals surface area contributed by atoms with Gasteiger partial charge in [0, 0.05) is 12.2 Å². The summed E-state index contributed by atoms with van der Waals surface area (Å²) in [5.74, 6) is 1.14. The van der Waals surface area contributed by atoms with Gasteiger partial charge in [0.2, 0.25) is 0 Å². The SMILES string of the molecule is COc1ccc(NC(=O)NCC2CCC(O)C2)cc1. The van der Waals surface area contributed by atoms with Crippen LogP contribution in [0.1, 0.15) is 19.3 Å². The van der Waals surface area contributed by atoms with Gasteiger partial charge in [-0.2, -0.15) is 0 Å². The van der Waals surface area contributed by atoms with E-state index in [1.807, 2.05) is 0 Å². The maximum Gasteiger partial charge on any atom is 0.319 e. The number of aliphatic hydroxyl groups is 1. The molecule has 1 fully saturated rings. The Bertz CT molecular complexity index is 419. The van der Waals surface area contributed by atoms with Gasteiger partial charge in [0.25, 0.3) is 0 Å². The summed E-state index contributed by atoms with van der Waals surface area (Å²) < 4.78 is 5.05.